The van der Waals surface area contributed by atoms with Crippen LogP contribution in [0.15, 0.2) is 53.4 Å². The minimum atomic E-state index is 0.101. The maximum atomic E-state index is 5.62. The van der Waals surface area contributed by atoms with Crippen LogP contribution < -0.4 is 11.3 Å². The number of fused-ring (bicyclic) bond motifs is 1. The zero-order valence-corrected chi connectivity index (χ0v) is 10.5. The Morgan fingerprint density at radius 3 is 2.95 bits per heavy atom. The lowest BCUT2D eigenvalue weighted by atomic mass is 10.1. The van der Waals surface area contributed by atoms with Crippen LogP contribution in [0.4, 0.5) is 0 Å². The molecule has 0 amide bonds. The van der Waals surface area contributed by atoms with Crippen LogP contribution in [0.2, 0.25) is 0 Å². The number of nitrogens with one attached hydrogen (secondary N) is 1. The molecule has 5 heteroatoms. The molecule has 0 bridgehead atoms. The van der Waals surface area contributed by atoms with Crippen LogP contribution in [0.5, 0.6) is 0 Å². The highest BCUT2D eigenvalue weighted by Crippen LogP contribution is 2.13. The van der Waals surface area contributed by atoms with Gasteiger partial charge >= 0.3 is 0 Å². The molecule has 1 atom stereocenters. The quantitative estimate of drug-likeness (QED) is 0.538. The summed E-state index contributed by atoms with van der Waals surface area (Å²) < 4.78 is 7.45. The summed E-state index contributed by atoms with van der Waals surface area (Å²) in [5, 5.41) is 0. The van der Waals surface area contributed by atoms with E-state index in [0.717, 1.165) is 29.8 Å². The molecule has 2 heterocycles. The Labute approximate surface area is 111 Å². The fourth-order valence-electron chi connectivity index (χ4n) is 2.24. The van der Waals surface area contributed by atoms with Crippen LogP contribution in [0.25, 0.3) is 11.0 Å². The van der Waals surface area contributed by atoms with Gasteiger partial charge in [0.15, 0.2) is 0 Å². The van der Waals surface area contributed by atoms with Crippen LogP contribution in [-0.4, -0.2) is 15.6 Å². The molecule has 19 heavy (non-hydrogen) atoms. The summed E-state index contributed by atoms with van der Waals surface area (Å²) in [6.07, 6.45) is 4.27. The number of imidazole rings is 1. The molecule has 0 saturated heterocycles. The molecular weight excluding hydrogens is 240 g/mol. The van der Waals surface area contributed by atoms with Gasteiger partial charge in [-0.2, -0.15) is 0 Å². The van der Waals surface area contributed by atoms with E-state index < -0.39 is 0 Å². The van der Waals surface area contributed by atoms with Gasteiger partial charge in [-0.25, -0.2) is 4.98 Å². The van der Waals surface area contributed by atoms with Gasteiger partial charge < -0.3 is 8.98 Å². The standard InChI is InChI=1S/C14H16N4O/c15-17-11(8-12-4-3-7-19-12)9-18-10-16-13-5-1-2-6-14(13)18/h1-7,10-11,17H,8-9,15H2. The van der Waals surface area contributed by atoms with Crippen molar-refractivity contribution in [3.8, 4) is 0 Å². The second-order valence-corrected chi connectivity index (χ2v) is 4.53. The van der Waals surface area contributed by atoms with Crippen molar-refractivity contribution in [2.45, 2.75) is 19.0 Å². The van der Waals surface area contributed by atoms with E-state index in [2.05, 4.69) is 21.0 Å². The third kappa shape index (κ3) is 2.52. The largest absolute Gasteiger partial charge is 0.469 e. The summed E-state index contributed by atoms with van der Waals surface area (Å²) in [6.45, 7) is 0.748. The number of rotatable bonds is 5. The van der Waals surface area contributed by atoms with E-state index in [-0.39, 0.29) is 6.04 Å². The van der Waals surface area contributed by atoms with E-state index in [1.165, 1.54) is 0 Å². The Kier molecular flexibility index (Phi) is 3.31. The summed E-state index contributed by atoms with van der Waals surface area (Å²) in [7, 11) is 0. The average Bonchev–Trinajstić information content (AvgIpc) is 3.08. The lowest BCUT2D eigenvalue weighted by Crippen LogP contribution is -2.39. The first-order chi connectivity index (χ1) is 9.36. The smallest absolute Gasteiger partial charge is 0.105 e. The summed E-state index contributed by atoms with van der Waals surface area (Å²) in [6, 6.07) is 12.0. The lowest BCUT2D eigenvalue weighted by Gasteiger charge is -2.15. The molecule has 0 radical (unpaired) electrons. The molecule has 2 aromatic heterocycles. The predicted molar refractivity (Wildman–Crippen MR) is 73.3 cm³/mol. The number of hydrazine groups is 1. The monoisotopic (exact) mass is 256 g/mol. The van der Waals surface area contributed by atoms with Gasteiger partial charge in [-0.05, 0) is 24.3 Å². The summed E-state index contributed by atoms with van der Waals surface area (Å²) in [4.78, 5) is 4.37. The SMILES string of the molecule is NNC(Cc1ccco1)Cn1cnc2ccccc21. The number of hydrogen-bond donors (Lipinski definition) is 2. The first-order valence-electron chi connectivity index (χ1n) is 6.25. The van der Waals surface area contributed by atoms with Gasteiger partial charge in [0.05, 0.1) is 23.6 Å². The highest BCUT2D eigenvalue weighted by atomic mass is 16.3. The van der Waals surface area contributed by atoms with Gasteiger partial charge in [0.1, 0.15) is 5.76 Å². The van der Waals surface area contributed by atoms with Crippen LogP contribution in [0, 0.1) is 0 Å². The molecule has 1 unspecified atom stereocenters. The fourth-order valence-corrected chi connectivity index (χ4v) is 2.24. The highest BCUT2D eigenvalue weighted by Gasteiger charge is 2.12. The van der Waals surface area contributed by atoms with Crippen molar-refractivity contribution in [2.24, 2.45) is 5.84 Å². The summed E-state index contributed by atoms with van der Waals surface area (Å²) in [5.74, 6) is 6.55. The van der Waals surface area contributed by atoms with E-state index in [4.69, 9.17) is 10.3 Å². The van der Waals surface area contributed by atoms with Gasteiger partial charge in [0, 0.05) is 19.0 Å². The first-order valence-corrected chi connectivity index (χ1v) is 6.25. The molecule has 0 aliphatic rings. The van der Waals surface area contributed by atoms with Gasteiger partial charge in [-0.15, -0.1) is 0 Å². The zero-order valence-electron chi connectivity index (χ0n) is 10.5. The number of para-hydroxylation sites is 2. The molecule has 1 aromatic carbocycles. The topological polar surface area (TPSA) is 69.0 Å². The highest BCUT2D eigenvalue weighted by molar-refractivity contribution is 5.74. The average molecular weight is 256 g/mol. The number of aromatic nitrogens is 2. The van der Waals surface area contributed by atoms with Gasteiger partial charge in [-0.3, -0.25) is 11.3 Å². The molecule has 3 N–H and O–H groups in total. The summed E-state index contributed by atoms with van der Waals surface area (Å²) >= 11 is 0. The predicted octanol–water partition coefficient (Wildman–Crippen LogP) is 1.70. The third-order valence-corrected chi connectivity index (χ3v) is 3.21. The Morgan fingerprint density at radius 2 is 2.16 bits per heavy atom. The lowest BCUT2D eigenvalue weighted by molar-refractivity contribution is 0.413. The van der Waals surface area contributed by atoms with E-state index in [0.29, 0.717) is 0 Å². The molecule has 5 nitrogen and oxygen atoms in total. The normalized spacial score (nSPS) is 12.9. The Balaban J connectivity index is 1.78. The first kappa shape index (κ1) is 12.0. The van der Waals surface area contributed by atoms with Crippen LogP contribution in [-0.2, 0) is 13.0 Å². The second kappa shape index (κ2) is 5.26. The van der Waals surface area contributed by atoms with Crippen molar-refractivity contribution in [2.75, 3.05) is 0 Å². The molecular formula is C14H16N4O. The minimum absolute atomic E-state index is 0.101. The van der Waals surface area contributed by atoms with E-state index in [9.17, 15) is 0 Å². The summed E-state index contributed by atoms with van der Waals surface area (Å²) in [5.41, 5.74) is 4.94. The molecule has 0 aliphatic carbocycles. The molecule has 3 aromatic rings. The maximum Gasteiger partial charge on any atom is 0.105 e. The molecule has 0 spiro atoms. The number of furan rings is 1. The van der Waals surface area contributed by atoms with Crippen molar-refractivity contribution in [1.29, 1.82) is 0 Å². The van der Waals surface area contributed by atoms with Crippen molar-refractivity contribution in [1.82, 2.24) is 15.0 Å². The van der Waals surface area contributed by atoms with Crippen molar-refractivity contribution in [3.05, 3.63) is 54.7 Å². The zero-order chi connectivity index (χ0) is 13.1. The Morgan fingerprint density at radius 1 is 1.26 bits per heavy atom. The number of hydrogen-bond acceptors (Lipinski definition) is 4. The van der Waals surface area contributed by atoms with E-state index in [1.807, 2.05) is 36.7 Å². The second-order valence-electron chi connectivity index (χ2n) is 4.53. The van der Waals surface area contributed by atoms with Crippen LogP contribution >= 0.6 is 0 Å². The molecule has 98 valence electrons. The maximum absolute atomic E-state index is 5.62. The Bertz CT molecular complexity index is 644. The van der Waals surface area contributed by atoms with E-state index >= 15 is 0 Å². The van der Waals surface area contributed by atoms with Gasteiger partial charge in [0.2, 0.25) is 0 Å². The van der Waals surface area contributed by atoms with E-state index in [1.54, 1.807) is 6.26 Å². The number of nitrogens with two attached hydrogens (primary N) is 1. The molecule has 0 saturated carbocycles. The van der Waals surface area contributed by atoms with Crippen LogP contribution in [0.3, 0.4) is 0 Å². The minimum Gasteiger partial charge on any atom is -0.469 e. The van der Waals surface area contributed by atoms with Crippen LogP contribution in [0.1, 0.15) is 5.76 Å². The van der Waals surface area contributed by atoms with Gasteiger partial charge in [-0.1, -0.05) is 12.1 Å². The van der Waals surface area contributed by atoms with Crippen molar-refractivity contribution < 1.29 is 4.42 Å². The number of benzene rings is 1. The van der Waals surface area contributed by atoms with Crippen molar-refractivity contribution >= 4 is 11.0 Å². The molecule has 0 aliphatic heterocycles. The third-order valence-electron chi connectivity index (χ3n) is 3.21. The van der Waals surface area contributed by atoms with Crippen molar-refractivity contribution in [3.63, 3.8) is 0 Å². The molecule has 3 rings (SSSR count). The van der Waals surface area contributed by atoms with Gasteiger partial charge in [0.25, 0.3) is 0 Å². The number of nitrogens with zero attached hydrogens (tertiary/aromatic N) is 2. The molecule has 0 fully saturated rings. The Hall–Kier alpha value is -2.11. The fraction of sp³-hybridized carbons (Fsp3) is 0.214.